The molecule has 5 nitrogen and oxygen atoms in total. The van der Waals surface area contributed by atoms with Crippen LogP contribution >= 0.6 is 0 Å². The third-order valence-corrected chi connectivity index (χ3v) is 4.18. The molecule has 1 fully saturated rings. The summed E-state index contributed by atoms with van der Waals surface area (Å²) in [7, 11) is 2.86. The van der Waals surface area contributed by atoms with Crippen molar-refractivity contribution in [1.29, 1.82) is 0 Å². The van der Waals surface area contributed by atoms with Crippen LogP contribution in [0.15, 0.2) is 12.1 Å². The molecule has 1 aliphatic rings. The Balaban J connectivity index is 2.07. The van der Waals surface area contributed by atoms with Gasteiger partial charge < -0.3 is 19.7 Å². The van der Waals surface area contributed by atoms with Crippen LogP contribution in [0.25, 0.3) is 0 Å². The highest BCUT2D eigenvalue weighted by molar-refractivity contribution is 5.98. The number of rotatable bonds is 6. The highest BCUT2D eigenvalue weighted by atomic mass is 19.1. The van der Waals surface area contributed by atoms with E-state index in [4.69, 9.17) is 9.47 Å². The summed E-state index contributed by atoms with van der Waals surface area (Å²) in [5.41, 5.74) is -0.0946. The molecule has 1 heterocycles. The summed E-state index contributed by atoms with van der Waals surface area (Å²) in [4.78, 5) is 14.9. The van der Waals surface area contributed by atoms with E-state index in [9.17, 15) is 9.18 Å². The minimum atomic E-state index is -0.608. The molecular weight excluding hydrogens is 299 g/mol. The predicted molar refractivity (Wildman–Crippen MR) is 86.7 cm³/mol. The van der Waals surface area contributed by atoms with Crippen LogP contribution in [-0.4, -0.2) is 50.7 Å². The maximum atomic E-state index is 14.1. The van der Waals surface area contributed by atoms with E-state index in [1.807, 2.05) is 0 Å². The Hall–Kier alpha value is -1.82. The van der Waals surface area contributed by atoms with Gasteiger partial charge in [-0.1, -0.05) is 6.92 Å². The summed E-state index contributed by atoms with van der Waals surface area (Å²) < 4.78 is 24.4. The molecule has 1 aromatic carbocycles. The lowest BCUT2D eigenvalue weighted by Crippen LogP contribution is -2.45. The van der Waals surface area contributed by atoms with Crippen LogP contribution in [0.4, 0.5) is 4.39 Å². The Morgan fingerprint density at radius 2 is 2.00 bits per heavy atom. The van der Waals surface area contributed by atoms with E-state index in [2.05, 4.69) is 17.1 Å². The van der Waals surface area contributed by atoms with E-state index in [-0.39, 0.29) is 17.4 Å². The molecule has 23 heavy (non-hydrogen) atoms. The first-order valence-corrected chi connectivity index (χ1v) is 8.04. The van der Waals surface area contributed by atoms with E-state index in [1.165, 1.54) is 26.4 Å². The van der Waals surface area contributed by atoms with E-state index in [0.717, 1.165) is 38.9 Å². The first kappa shape index (κ1) is 17.5. The van der Waals surface area contributed by atoms with Crippen molar-refractivity contribution in [2.24, 2.45) is 0 Å². The SMILES string of the molecule is CCCN1CCC(NC(=O)c2c(F)ccc(OC)c2OC)CC1. The van der Waals surface area contributed by atoms with Crippen LogP contribution in [0, 0.1) is 5.82 Å². The second kappa shape index (κ2) is 8.15. The molecule has 2 rings (SSSR count). The van der Waals surface area contributed by atoms with Crippen LogP contribution in [0.1, 0.15) is 36.5 Å². The Morgan fingerprint density at radius 3 is 2.57 bits per heavy atom. The average Bonchev–Trinajstić information content (AvgIpc) is 2.56. The van der Waals surface area contributed by atoms with Gasteiger partial charge in [0.25, 0.3) is 5.91 Å². The zero-order valence-electron chi connectivity index (χ0n) is 14.0. The van der Waals surface area contributed by atoms with Gasteiger partial charge in [0, 0.05) is 19.1 Å². The molecule has 0 saturated carbocycles. The maximum Gasteiger partial charge on any atom is 0.258 e. The largest absolute Gasteiger partial charge is 0.493 e. The number of nitrogens with zero attached hydrogens (tertiary/aromatic N) is 1. The number of amides is 1. The van der Waals surface area contributed by atoms with E-state index >= 15 is 0 Å². The van der Waals surface area contributed by atoms with Crippen molar-refractivity contribution >= 4 is 5.91 Å². The third kappa shape index (κ3) is 4.13. The molecule has 1 aliphatic heterocycles. The molecule has 0 unspecified atom stereocenters. The molecule has 0 aromatic heterocycles. The fraction of sp³-hybridized carbons (Fsp3) is 0.588. The number of carbonyl (C=O) groups excluding carboxylic acids is 1. The number of methoxy groups -OCH3 is 2. The number of halogens is 1. The summed E-state index contributed by atoms with van der Waals surface area (Å²) in [5, 5.41) is 2.92. The van der Waals surface area contributed by atoms with Gasteiger partial charge >= 0.3 is 0 Å². The lowest BCUT2D eigenvalue weighted by atomic mass is 10.0. The first-order chi connectivity index (χ1) is 11.1. The summed E-state index contributed by atoms with van der Waals surface area (Å²) >= 11 is 0. The van der Waals surface area contributed by atoms with Gasteiger partial charge in [-0.2, -0.15) is 0 Å². The van der Waals surface area contributed by atoms with Gasteiger partial charge in [0.15, 0.2) is 11.5 Å². The molecule has 1 aromatic rings. The molecule has 1 N–H and O–H groups in total. The second-order valence-electron chi connectivity index (χ2n) is 5.75. The van der Waals surface area contributed by atoms with Crippen LogP contribution < -0.4 is 14.8 Å². The predicted octanol–water partition coefficient (Wildman–Crippen LogP) is 2.45. The molecule has 0 aliphatic carbocycles. The topological polar surface area (TPSA) is 50.8 Å². The lowest BCUT2D eigenvalue weighted by Gasteiger charge is -2.32. The zero-order chi connectivity index (χ0) is 16.8. The van der Waals surface area contributed by atoms with E-state index in [1.54, 1.807) is 0 Å². The summed E-state index contributed by atoms with van der Waals surface area (Å²) in [6, 6.07) is 2.74. The minimum Gasteiger partial charge on any atom is -0.493 e. The average molecular weight is 324 g/mol. The van der Waals surface area contributed by atoms with E-state index < -0.39 is 11.7 Å². The second-order valence-corrected chi connectivity index (χ2v) is 5.75. The Kier molecular flexibility index (Phi) is 6.21. The fourth-order valence-electron chi connectivity index (χ4n) is 2.99. The highest BCUT2D eigenvalue weighted by Gasteiger charge is 2.25. The number of benzene rings is 1. The number of nitrogens with one attached hydrogen (secondary N) is 1. The number of piperidine rings is 1. The highest BCUT2D eigenvalue weighted by Crippen LogP contribution is 2.32. The van der Waals surface area contributed by atoms with Crippen molar-refractivity contribution in [1.82, 2.24) is 10.2 Å². The smallest absolute Gasteiger partial charge is 0.258 e. The van der Waals surface area contributed by atoms with Crippen molar-refractivity contribution in [2.75, 3.05) is 33.9 Å². The molecule has 0 bridgehead atoms. The number of hydrogen-bond donors (Lipinski definition) is 1. The quantitative estimate of drug-likeness (QED) is 0.873. The lowest BCUT2D eigenvalue weighted by molar-refractivity contribution is 0.0903. The van der Waals surface area contributed by atoms with Gasteiger partial charge in [-0.15, -0.1) is 0 Å². The molecule has 0 atom stereocenters. The van der Waals surface area contributed by atoms with Gasteiger partial charge in [0.2, 0.25) is 0 Å². The van der Waals surface area contributed by atoms with Crippen molar-refractivity contribution in [3.63, 3.8) is 0 Å². The zero-order valence-corrected chi connectivity index (χ0v) is 14.0. The Labute approximate surface area is 136 Å². The van der Waals surface area contributed by atoms with Crippen molar-refractivity contribution in [3.05, 3.63) is 23.5 Å². The number of ether oxygens (including phenoxy) is 2. The van der Waals surface area contributed by atoms with E-state index in [0.29, 0.717) is 5.75 Å². The molecule has 1 saturated heterocycles. The number of hydrogen-bond acceptors (Lipinski definition) is 4. The fourth-order valence-corrected chi connectivity index (χ4v) is 2.99. The molecule has 6 heteroatoms. The van der Waals surface area contributed by atoms with Gasteiger partial charge in [-0.3, -0.25) is 4.79 Å². The van der Waals surface area contributed by atoms with Gasteiger partial charge in [-0.05, 0) is 37.9 Å². The van der Waals surface area contributed by atoms with Gasteiger partial charge in [0.1, 0.15) is 11.4 Å². The summed E-state index contributed by atoms with van der Waals surface area (Å²) in [6.45, 7) is 5.15. The van der Waals surface area contributed by atoms with Gasteiger partial charge in [0.05, 0.1) is 14.2 Å². The van der Waals surface area contributed by atoms with Crippen LogP contribution in [0.2, 0.25) is 0 Å². The first-order valence-electron chi connectivity index (χ1n) is 8.04. The maximum absolute atomic E-state index is 14.1. The minimum absolute atomic E-state index is 0.0610. The third-order valence-electron chi connectivity index (χ3n) is 4.18. The number of carbonyl (C=O) groups is 1. The summed E-state index contributed by atoms with van der Waals surface area (Å²) in [5.74, 6) is -0.582. The molecule has 0 radical (unpaired) electrons. The monoisotopic (exact) mass is 324 g/mol. The normalized spacial score (nSPS) is 16.2. The molecule has 1 amide bonds. The van der Waals surface area contributed by atoms with Crippen molar-refractivity contribution in [3.8, 4) is 11.5 Å². The number of likely N-dealkylation sites (tertiary alicyclic amines) is 1. The molecular formula is C17H25FN2O3. The van der Waals surface area contributed by atoms with Gasteiger partial charge in [-0.25, -0.2) is 4.39 Å². The molecule has 0 spiro atoms. The van der Waals surface area contributed by atoms with Crippen molar-refractivity contribution in [2.45, 2.75) is 32.2 Å². The Bertz CT molecular complexity index is 543. The van der Waals surface area contributed by atoms with Crippen molar-refractivity contribution < 1.29 is 18.7 Å². The van der Waals surface area contributed by atoms with Crippen LogP contribution in [0.3, 0.4) is 0 Å². The van der Waals surface area contributed by atoms with Crippen LogP contribution in [0.5, 0.6) is 11.5 Å². The van der Waals surface area contributed by atoms with Crippen LogP contribution in [-0.2, 0) is 0 Å². The summed E-state index contributed by atoms with van der Waals surface area (Å²) in [6.07, 6.45) is 2.88. The molecule has 128 valence electrons. The standard InChI is InChI=1S/C17H25FN2O3/c1-4-9-20-10-7-12(8-11-20)19-17(21)15-13(18)5-6-14(22-2)16(15)23-3/h5-6,12H,4,7-11H2,1-3H3,(H,19,21). The Morgan fingerprint density at radius 1 is 1.30 bits per heavy atom.